The highest BCUT2D eigenvalue weighted by molar-refractivity contribution is 5.13. The third-order valence-electron chi connectivity index (χ3n) is 3.41. The van der Waals surface area contributed by atoms with Gasteiger partial charge in [-0.2, -0.15) is 0 Å². The number of benzene rings is 1. The molecule has 0 N–H and O–H groups in total. The van der Waals surface area contributed by atoms with Gasteiger partial charge in [-0.25, -0.2) is 0 Å². The van der Waals surface area contributed by atoms with Gasteiger partial charge in [0, 0.05) is 19.4 Å². The maximum absolute atomic E-state index is 5.93. The van der Waals surface area contributed by atoms with Crippen molar-refractivity contribution < 1.29 is 9.47 Å². The Labute approximate surface area is 110 Å². The van der Waals surface area contributed by atoms with Crippen molar-refractivity contribution in [2.45, 2.75) is 51.9 Å². The van der Waals surface area contributed by atoms with Crippen molar-refractivity contribution in [2.75, 3.05) is 6.61 Å². The van der Waals surface area contributed by atoms with Crippen molar-refractivity contribution >= 4 is 0 Å². The highest BCUT2D eigenvalue weighted by Gasteiger charge is 2.42. The van der Waals surface area contributed by atoms with Crippen LogP contribution < -0.4 is 0 Å². The van der Waals surface area contributed by atoms with E-state index in [0.717, 1.165) is 19.4 Å². The molecule has 1 aliphatic rings. The van der Waals surface area contributed by atoms with Crippen molar-refractivity contribution in [2.24, 2.45) is 5.92 Å². The highest BCUT2D eigenvalue weighted by Crippen LogP contribution is 2.38. The second-order valence-electron chi connectivity index (χ2n) is 5.98. The normalized spacial score (nSPS) is 27.2. The molecule has 1 fully saturated rings. The standard InChI is InChI=1S/C16H24O2/c1-13(2)11-18-16(3)9-15(10-16)17-12-14-7-5-4-6-8-14/h4-8,13,15H,9-12H2,1-3H3. The molecule has 0 unspecified atom stereocenters. The Morgan fingerprint density at radius 2 is 1.89 bits per heavy atom. The molecule has 0 aliphatic heterocycles. The van der Waals surface area contributed by atoms with Gasteiger partial charge in [0.1, 0.15) is 0 Å². The molecule has 1 aromatic rings. The predicted octanol–water partition coefficient (Wildman–Crippen LogP) is 3.80. The summed E-state index contributed by atoms with van der Waals surface area (Å²) in [4.78, 5) is 0. The van der Waals surface area contributed by atoms with Gasteiger partial charge in [0.15, 0.2) is 0 Å². The van der Waals surface area contributed by atoms with Crippen LogP contribution in [0.3, 0.4) is 0 Å². The van der Waals surface area contributed by atoms with Crippen LogP contribution in [-0.4, -0.2) is 18.3 Å². The van der Waals surface area contributed by atoms with E-state index in [2.05, 4.69) is 45.0 Å². The summed E-state index contributed by atoms with van der Waals surface area (Å²) in [5.41, 5.74) is 1.29. The number of rotatable bonds is 6. The summed E-state index contributed by atoms with van der Waals surface area (Å²) in [6.45, 7) is 8.13. The maximum atomic E-state index is 5.93. The van der Waals surface area contributed by atoms with Crippen LogP contribution in [0.4, 0.5) is 0 Å². The highest BCUT2D eigenvalue weighted by atomic mass is 16.5. The molecule has 1 saturated carbocycles. The molecule has 1 aliphatic carbocycles. The first-order chi connectivity index (χ1) is 8.57. The van der Waals surface area contributed by atoms with Crippen LogP contribution in [0.5, 0.6) is 0 Å². The lowest BCUT2D eigenvalue weighted by atomic mass is 9.78. The van der Waals surface area contributed by atoms with E-state index < -0.39 is 0 Å². The minimum atomic E-state index is 0.0472. The van der Waals surface area contributed by atoms with Gasteiger partial charge in [-0.1, -0.05) is 44.2 Å². The topological polar surface area (TPSA) is 18.5 Å². The molecule has 0 spiro atoms. The van der Waals surface area contributed by atoms with Gasteiger partial charge in [0.25, 0.3) is 0 Å². The second-order valence-corrected chi connectivity index (χ2v) is 5.98. The Hall–Kier alpha value is -0.860. The van der Waals surface area contributed by atoms with Gasteiger partial charge in [-0.3, -0.25) is 0 Å². The lowest BCUT2D eigenvalue weighted by Gasteiger charge is -2.44. The Morgan fingerprint density at radius 3 is 2.50 bits per heavy atom. The molecule has 2 rings (SSSR count). The smallest absolute Gasteiger partial charge is 0.0720 e. The molecular weight excluding hydrogens is 224 g/mol. The average Bonchev–Trinajstić information content (AvgIpc) is 2.32. The summed E-state index contributed by atoms with van der Waals surface area (Å²) in [6.07, 6.45) is 2.40. The zero-order chi connectivity index (χ0) is 13.0. The summed E-state index contributed by atoms with van der Waals surface area (Å²) >= 11 is 0. The van der Waals surface area contributed by atoms with Gasteiger partial charge >= 0.3 is 0 Å². The zero-order valence-electron chi connectivity index (χ0n) is 11.7. The average molecular weight is 248 g/mol. The lowest BCUT2D eigenvalue weighted by Crippen LogP contribution is -2.48. The Balaban J connectivity index is 1.67. The number of hydrogen-bond donors (Lipinski definition) is 0. The molecule has 100 valence electrons. The number of hydrogen-bond acceptors (Lipinski definition) is 2. The van der Waals surface area contributed by atoms with Crippen LogP contribution in [-0.2, 0) is 16.1 Å². The molecule has 2 nitrogen and oxygen atoms in total. The summed E-state index contributed by atoms with van der Waals surface area (Å²) in [5, 5.41) is 0. The van der Waals surface area contributed by atoms with Crippen LogP contribution in [0.1, 0.15) is 39.2 Å². The Morgan fingerprint density at radius 1 is 1.22 bits per heavy atom. The monoisotopic (exact) mass is 248 g/mol. The van der Waals surface area contributed by atoms with E-state index in [1.54, 1.807) is 0 Å². The van der Waals surface area contributed by atoms with Crippen molar-refractivity contribution in [3.05, 3.63) is 35.9 Å². The van der Waals surface area contributed by atoms with Crippen molar-refractivity contribution in [1.29, 1.82) is 0 Å². The molecule has 0 bridgehead atoms. The van der Waals surface area contributed by atoms with Crippen LogP contribution >= 0.6 is 0 Å². The minimum Gasteiger partial charge on any atom is -0.375 e. The van der Waals surface area contributed by atoms with Crippen LogP contribution in [0.25, 0.3) is 0 Å². The Kier molecular flexibility index (Phi) is 4.41. The molecule has 0 heterocycles. The molecule has 0 aromatic heterocycles. The van der Waals surface area contributed by atoms with Gasteiger partial charge in [-0.15, -0.1) is 0 Å². The van der Waals surface area contributed by atoms with E-state index >= 15 is 0 Å². The van der Waals surface area contributed by atoms with Crippen LogP contribution in [0, 0.1) is 5.92 Å². The van der Waals surface area contributed by atoms with Gasteiger partial charge in [-0.05, 0) is 18.4 Å². The first-order valence-corrected chi connectivity index (χ1v) is 6.87. The molecule has 0 saturated heterocycles. The van der Waals surface area contributed by atoms with E-state index in [9.17, 15) is 0 Å². The molecule has 2 heteroatoms. The van der Waals surface area contributed by atoms with E-state index in [1.165, 1.54) is 5.56 Å². The molecular formula is C16H24O2. The van der Waals surface area contributed by atoms with Gasteiger partial charge in [0.2, 0.25) is 0 Å². The van der Waals surface area contributed by atoms with Crippen LogP contribution in [0.2, 0.25) is 0 Å². The summed E-state index contributed by atoms with van der Waals surface area (Å²) in [5.74, 6) is 0.603. The van der Waals surface area contributed by atoms with Crippen LogP contribution in [0.15, 0.2) is 30.3 Å². The largest absolute Gasteiger partial charge is 0.375 e. The summed E-state index contributed by atoms with van der Waals surface area (Å²) in [7, 11) is 0. The van der Waals surface area contributed by atoms with Crippen molar-refractivity contribution in [1.82, 2.24) is 0 Å². The molecule has 0 radical (unpaired) electrons. The summed E-state index contributed by atoms with van der Waals surface area (Å²) in [6, 6.07) is 10.3. The van der Waals surface area contributed by atoms with E-state index in [1.807, 2.05) is 6.07 Å². The number of ether oxygens (including phenoxy) is 2. The van der Waals surface area contributed by atoms with Crippen molar-refractivity contribution in [3.63, 3.8) is 0 Å². The molecule has 18 heavy (non-hydrogen) atoms. The third-order valence-corrected chi connectivity index (χ3v) is 3.41. The second kappa shape index (κ2) is 5.85. The fourth-order valence-corrected chi connectivity index (χ4v) is 2.30. The van der Waals surface area contributed by atoms with E-state index in [-0.39, 0.29) is 5.60 Å². The first-order valence-electron chi connectivity index (χ1n) is 6.87. The first kappa shape index (κ1) is 13.6. The molecule has 1 aromatic carbocycles. The third kappa shape index (κ3) is 3.82. The fourth-order valence-electron chi connectivity index (χ4n) is 2.30. The lowest BCUT2D eigenvalue weighted by molar-refractivity contribution is -0.170. The van der Waals surface area contributed by atoms with Crippen molar-refractivity contribution in [3.8, 4) is 0 Å². The quantitative estimate of drug-likeness (QED) is 0.762. The molecule has 0 atom stereocenters. The predicted molar refractivity (Wildman–Crippen MR) is 73.4 cm³/mol. The van der Waals surface area contributed by atoms with E-state index in [0.29, 0.717) is 18.6 Å². The molecule has 0 amide bonds. The maximum Gasteiger partial charge on any atom is 0.0720 e. The Bertz CT molecular complexity index is 353. The summed E-state index contributed by atoms with van der Waals surface area (Å²) < 4.78 is 11.8. The fraction of sp³-hybridized carbons (Fsp3) is 0.625. The van der Waals surface area contributed by atoms with Gasteiger partial charge in [0.05, 0.1) is 18.3 Å². The van der Waals surface area contributed by atoms with Gasteiger partial charge < -0.3 is 9.47 Å². The SMILES string of the molecule is CC(C)COC1(C)CC(OCc2ccccc2)C1. The zero-order valence-corrected chi connectivity index (χ0v) is 11.7. The minimum absolute atomic E-state index is 0.0472. The van der Waals surface area contributed by atoms with E-state index in [4.69, 9.17) is 9.47 Å².